The highest BCUT2D eigenvalue weighted by Crippen LogP contribution is 2.17. The van der Waals surface area contributed by atoms with E-state index < -0.39 is 0 Å². The third kappa shape index (κ3) is 4.67. The highest BCUT2D eigenvalue weighted by Gasteiger charge is 2.06. The predicted molar refractivity (Wildman–Crippen MR) is 106 cm³/mol. The van der Waals surface area contributed by atoms with Gasteiger partial charge in [0.1, 0.15) is 6.33 Å². The Bertz CT molecular complexity index is 1020. The molecule has 0 aliphatic carbocycles. The third-order valence-corrected chi connectivity index (χ3v) is 4.27. The summed E-state index contributed by atoms with van der Waals surface area (Å²) in [6.45, 7) is 4.62. The van der Waals surface area contributed by atoms with Gasteiger partial charge in [0.2, 0.25) is 5.91 Å². The Morgan fingerprint density at radius 1 is 1.22 bits per heavy atom. The highest BCUT2D eigenvalue weighted by atomic mass is 16.1. The van der Waals surface area contributed by atoms with Crippen LogP contribution in [-0.2, 0) is 11.2 Å². The molecular formula is C21H22N4O2. The molecule has 27 heavy (non-hydrogen) atoms. The van der Waals surface area contributed by atoms with E-state index in [1.54, 1.807) is 6.20 Å². The van der Waals surface area contributed by atoms with Gasteiger partial charge in [-0.15, -0.1) is 0 Å². The fourth-order valence-electron chi connectivity index (χ4n) is 2.69. The fourth-order valence-corrected chi connectivity index (χ4v) is 2.69. The molecule has 3 rings (SSSR count). The van der Waals surface area contributed by atoms with Crippen molar-refractivity contribution >= 4 is 23.0 Å². The Morgan fingerprint density at radius 2 is 2.07 bits per heavy atom. The number of benzene rings is 1. The van der Waals surface area contributed by atoms with Crippen LogP contribution < -0.4 is 10.9 Å². The molecule has 0 saturated carbocycles. The second kappa shape index (κ2) is 8.40. The van der Waals surface area contributed by atoms with E-state index in [1.165, 1.54) is 23.2 Å². The van der Waals surface area contributed by atoms with Crippen LogP contribution in [0.1, 0.15) is 31.0 Å². The third-order valence-electron chi connectivity index (χ3n) is 4.27. The molecule has 2 aromatic heterocycles. The van der Waals surface area contributed by atoms with E-state index in [4.69, 9.17) is 0 Å². The first kappa shape index (κ1) is 18.5. The molecule has 1 amide bonds. The molecule has 0 bridgehead atoms. The van der Waals surface area contributed by atoms with Gasteiger partial charge in [-0.2, -0.15) is 0 Å². The van der Waals surface area contributed by atoms with E-state index in [1.807, 2.05) is 36.4 Å². The molecule has 0 fully saturated rings. The van der Waals surface area contributed by atoms with Crippen LogP contribution in [0.25, 0.3) is 17.1 Å². The highest BCUT2D eigenvalue weighted by molar-refractivity contribution is 5.90. The van der Waals surface area contributed by atoms with E-state index in [-0.39, 0.29) is 11.5 Å². The molecule has 0 saturated heterocycles. The molecule has 0 aliphatic heterocycles. The lowest BCUT2D eigenvalue weighted by atomic mass is 10.0. The van der Waals surface area contributed by atoms with Crippen molar-refractivity contribution in [2.24, 2.45) is 0 Å². The summed E-state index contributed by atoms with van der Waals surface area (Å²) >= 11 is 0. The summed E-state index contributed by atoms with van der Waals surface area (Å²) < 4.78 is 1.32. The molecular weight excluding hydrogens is 340 g/mol. The lowest BCUT2D eigenvalue weighted by Crippen LogP contribution is -2.24. The number of nitrogens with zero attached hydrogens (tertiary/aromatic N) is 3. The lowest BCUT2D eigenvalue weighted by molar-refractivity contribution is -0.116. The van der Waals surface area contributed by atoms with E-state index in [9.17, 15) is 9.59 Å². The topological polar surface area (TPSA) is 76.9 Å². The number of carbonyl (C=O) groups is 1. The predicted octanol–water partition coefficient (Wildman–Crippen LogP) is 2.74. The number of hydrogen-bond donors (Lipinski definition) is 1. The fraction of sp³-hybridized carbons (Fsp3) is 0.238. The number of fused-ring (bicyclic) bond motifs is 1. The zero-order valence-electron chi connectivity index (χ0n) is 15.4. The monoisotopic (exact) mass is 362 g/mol. The number of aromatic nitrogens is 3. The van der Waals surface area contributed by atoms with Crippen molar-refractivity contribution in [1.29, 1.82) is 0 Å². The van der Waals surface area contributed by atoms with Gasteiger partial charge in [-0.05, 0) is 35.7 Å². The van der Waals surface area contributed by atoms with Crippen LogP contribution in [0.2, 0.25) is 0 Å². The summed E-state index contributed by atoms with van der Waals surface area (Å²) in [6.07, 6.45) is 6.57. The zero-order chi connectivity index (χ0) is 19.2. The Balaban J connectivity index is 1.68. The quantitative estimate of drug-likeness (QED) is 0.684. The van der Waals surface area contributed by atoms with Crippen molar-refractivity contribution in [3.63, 3.8) is 0 Å². The van der Waals surface area contributed by atoms with Gasteiger partial charge in [0.05, 0.1) is 10.9 Å². The second-order valence-corrected chi connectivity index (χ2v) is 6.57. The van der Waals surface area contributed by atoms with Gasteiger partial charge in [0.25, 0.3) is 5.56 Å². The minimum atomic E-state index is -0.270. The number of rotatable bonds is 6. The molecule has 0 atom stereocenters. The van der Waals surface area contributed by atoms with Crippen LogP contribution >= 0.6 is 0 Å². The van der Waals surface area contributed by atoms with Crippen LogP contribution in [0.4, 0.5) is 0 Å². The van der Waals surface area contributed by atoms with Gasteiger partial charge in [0.15, 0.2) is 0 Å². The summed E-state index contributed by atoms with van der Waals surface area (Å²) in [5.41, 5.74) is 2.45. The molecule has 3 aromatic rings. The molecule has 6 nitrogen and oxygen atoms in total. The summed E-state index contributed by atoms with van der Waals surface area (Å²) in [4.78, 5) is 33.1. The van der Waals surface area contributed by atoms with Gasteiger partial charge in [-0.1, -0.05) is 26.0 Å². The number of nitrogens with one attached hydrogen (secondary N) is 1. The average Bonchev–Trinajstić information content (AvgIpc) is 2.68. The van der Waals surface area contributed by atoms with Crippen LogP contribution in [0.15, 0.2) is 59.8 Å². The van der Waals surface area contributed by atoms with Crippen LogP contribution in [-0.4, -0.2) is 27.0 Å². The van der Waals surface area contributed by atoms with Gasteiger partial charge in [-0.3, -0.25) is 19.1 Å². The molecule has 6 heteroatoms. The van der Waals surface area contributed by atoms with Crippen LogP contribution in [0.5, 0.6) is 0 Å². The van der Waals surface area contributed by atoms with Gasteiger partial charge >= 0.3 is 0 Å². The summed E-state index contributed by atoms with van der Waals surface area (Å²) in [7, 11) is 0. The van der Waals surface area contributed by atoms with Crippen molar-refractivity contribution in [2.45, 2.75) is 26.2 Å². The summed E-state index contributed by atoms with van der Waals surface area (Å²) in [6, 6.07) is 11.4. The van der Waals surface area contributed by atoms with Gasteiger partial charge < -0.3 is 5.32 Å². The van der Waals surface area contributed by atoms with Crippen molar-refractivity contribution in [1.82, 2.24) is 19.9 Å². The van der Waals surface area contributed by atoms with Gasteiger partial charge in [-0.25, -0.2) is 4.98 Å². The van der Waals surface area contributed by atoms with Crippen molar-refractivity contribution in [3.05, 3.63) is 76.6 Å². The zero-order valence-corrected chi connectivity index (χ0v) is 15.4. The van der Waals surface area contributed by atoms with Crippen molar-refractivity contribution < 1.29 is 4.79 Å². The maximum Gasteiger partial charge on any atom is 0.265 e. The second-order valence-electron chi connectivity index (χ2n) is 6.57. The largest absolute Gasteiger partial charge is 0.352 e. The van der Waals surface area contributed by atoms with Gasteiger partial charge in [0, 0.05) is 37.1 Å². The van der Waals surface area contributed by atoms with E-state index >= 15 is 0 Å². The molecule has 0 aliphatic rings. The molecule has 0 spiro atoms. The first-order valence-electron chi connectivity index (χ1n) is 8.91. The molecule has 2 heterocycles. The summed E-state index contributed by atoms with van der Waals surface area (Å²) in [5, 5.41) is 3.33. The number of pyridine rings is 1. The smallest absolute Gasteiger partial charge is 0.265 e. The Labute approximate surface area is 157 Å². The minimum absolute atomic E-state index is 0.194. The summed E-state index contributed by atoms with van der Waals surface area (Å²) in [5.74, 6) is 0.0525. The molecule has 1 N–H and O–H groups in total. The molecule has 0 unspecified atom stereocenters. The normalized spacial score (nSPS) is 11.4. The Morgan fingerprint density at radius 3 is 2.81 bits per heavy atom. The maximum absolute atomic E-state index is 12.6. The minimum Gasteiger partial charge on any atom is -0.352 e. The van der Waals surface area contributed by atoms with Crippen molar-refractivity contribution in [2.75, 3.05) is 6.54 Å². The van der Waals surface area contributed by atoms with Crippen LogP contribution in [0.3, 0.4) is 0 Å². The van der Waals surface area contributed by atoms with Crippen molar-refractivity contribution in [3.8, 4) is 0 Å². The molecule has 0 radical (unpaired) electrons. The van der Waals surface area contributed by atoms with E-state index in [0.29, 0.717) is 29.8 Å². The van der Waals surface area contributed by atoms with Crippen LogP contribution in [0, 0.1) is 0 Å². The van der Waals surface area contributed by atoms with E-state index in [2.05, 4.69) is 29.1 Å². The average molecular weight is 362 g/mol. The number of hydrogen-bond acceptors (Lipinski definition) is 4. The molecule has 138 valence electrons. The standard InChI is InChI=1S/C21H22N4O2/c1-15(2)16-6-7-19-18(13-16)21(27)25(14-24-19)12-9-20(26)23-11-8-17-5-3-4-10-22-17/h3-7,9-10,12-15H,8,11H2,1-2H3,(H,23,26). The Kier molecular flexibility index (Phi) is 5.76. The molecule has 1 aromatic carbocycles. The first-order valence-corrected chi connectivity index (χ1v) is 8.91. The number of carbonyl (C=O) groups excluding carboxylic acids is 1. The SMILES string of the molecule is CC(C)c1ccc2ncn(C=CC(=O)NCCc3ccccn3)c(=O)c2c1. The lowest BCUT2D eigenvalue weighted by Gasteiger charge is -2.07. The maximum atomic E-state index is 12.6. The first-order chi connectivity index (χ1) is 13.0. The number of amides is 1. The Hall–Kier alpha value is -3.28. The van der Waals surface area contributed by atoms with E-state index in [0.717, 1.165) is 11.3 Å².